The normalized spacial score (nSPS) is 11.5. The summed E-state index contributed by atoms with van der Waals surface area (Å²) in [6.07, 6.45) is 3.62. The highest BCUT2D eigenvalue weighted by Crippen LogP contribution is 2.04. The lowest BCUT2D eigenvalue weighted by molar-refractivity contribution is 0.237. The summed E-state index contributed by atoms with van der Waals surface area (Å²) in [5.41, 5.74) is 1.29. The number of urea groups is 1. The lowest BCUT2D eigenvalue weighted by Crippen LogP contribution is -2.42. The maximum absolute atomic E-state index is 11.8. The molecular formula is C18H24N4O. The van der Waals surface area contributed by atoms with Gasteiger partial charge in [0.1, 0.15) is 5.82 Å². The number of rotatable bonds is 8. The van der Waals surface area contributed by atoms with E-state index in [-0.39, 0.29) is 12.1 Å². The van der Waals surface area contributed by atoms with Crippen LogP contribution in [0.25, 0.3) is 0 Å². The molecule has 1 unspecified atom stereocenters. The number of amides is 2. The number of pyridine rings is 1. The largest absolute Gasteiger partial charge is 0.368 e. The highest BCUT2D eigenvalue weighted by molar-refractivity contribution is 5.74. The van der Waals surface area contributed by atoms with Crippen molar-refractivity contribution in [3.8, 4) is 0 Å². The summed E-state index contributed by atoms with van der Waals surface area (Å²) in [4.78, 5) is 16.0. The van der Waals surface area contributed by atoms with Gasteiger partial charge < -0.3 is 16.0 Å². The first-order chi connectivity index (χ1) is 11.2. The molecule has 1 atom stereocenters. The third-order valence-electron chi connectivity index (χ3n) is 3.47. The minimum Gasteiger partial charge on any atom is -0.368 e. The van der Waals surface area contributed by atoms with E-state index in [0.717, 1.165) is 18.7 Å². The number of anilines is 1. The highest BCUT2D eigenvalue weighted by atomic mass is 16.2. The number of carbonyl (C=O) groups excluding carboxylic acids is 1. The van der Waals surface area contributed by atoms with Crippen molar-refractivity contribution < 1.29 is 4.79 Å². The van der Waals surface area contributed by atoms with Gasteiger partial charge in [0.05, 0.1) is 0 Å². The topological polar surface area (TPSA) is 66.1 Å². The van der Waals surface area contributed by atoms with Gasteiger partial charge in [-0.15, -0.1) is 0 Å². The second-order valence-corrected chi connectivity index (χ2v) is 5.47. The molecule has 1 aromatic carbocycles. The van der Waals surface area contributed by atoms with Gasteiger partial charge in [-0.05, 0) is 37.5 Å². The Labute approximate surface area is 137 Å². The molecule has 2 rings (SSSR count). The standard InChI is InChI=1S/C18H24N4O/c1-15(10-11-16-7-3-2-4-8-16)22-18(23)21-14-13-20-17-9-5-6-12-19-17/h2-9,12,15H,10-11,13-14H2,1H3,(H,19,20)(H2,21,22,23). The molecule has 0 aliphatic rings. The summed E-state index contributed by atoms with van der Waals surface area (Å²) in [7, 11) is 0. The van der Waals surface area contributed by atoms with E-state index in [1.807, 2.05) is 43.3 Å². The monoisotopic (exact) mass is 312 g/mol. The summed E-state index contributed by atoms with van der Waals surface area (Å²) in [5, 5.41) is 8.94. The van der Waals surface area contributed by atoms with E-state index in [1.165, 1.54) is 5.56 Å². The molecule has 3 N–H and O–H groups in total. The van der Waals surface area contributed by atoms with Crippen molar-refractivity contribution in [3.05, 3.63) is 60.3 Å². The quantitative estimate of drug-likeness (QED) is 0.657. The van der Waals surface area contributed by atoms with Gasteiger partial charge in [0, 0.05) is 25.3 Å². The molecule has 5 nitrogen and oxygen atoms in total. The number of carbonyl (C=O) groups is 1. The Morgan fingerprint density at radius 3 is 2.61 bits per heavy atom. The van der Waals surface area contributed by atoms with E-state index in [0.29, 0.717) is 13.1 Å². The predicted octanol–water partition coefficient (Wildman–Crippen LogP) is 2.81. The van der Waals surface area contributed by atoms with Crippen LogP contribution in [0.2, 0.25) is 0 Å². The van der Waals surface area contributed by atoms with Gasteiger partial charge in [-0.2, -0.15) is 0 Å². The van der Waals surface area contributed by atoms with Gasteiger partial charge in [-0.25, -0.2) is 9.78 Å². The van der Waals surface area contributed by atoms with Crippen LogP contribution < -0.4 is 16.0 Å². The Bertz CT molecular complexity index is 574. The Kier molecular flexibility index (Phi) is 6.91. The Morgan fingerprint density at radius 2 is 1.87 bits per heavy atom. The van der Waals surface area contributed by atoms with Gasteiger partial charge in [0.25, 0.3) is 0 Å². The molecule has 0 aliphatic heterocycles. The molecule has 0 aliphatic carbocycles. The van der Waals surface area contributed by atoms with Gasteiger partial charge in [-0.1, -0.05) is 36.4 Å². The molecule has 0 saturated heterocycles. The zero-order valence-corrected chi connectivity index (χ0v) is 13.5. The van der Waals surface area contributed by atoms with Crippen LogP contribution in [0.4, 0.5) is 10.6 Å². The zero-order valence-electron chi connectivity index (χ0n) is 13.5. The predicted molar refractivity (Wildman–Crippen MR) is 93.5 cm³/mol. The van der Waals surface area contributed by atoms with Crippen LogP contribution in [-0.4, -0.2) is 30.1 Å². The fourth-order valence-corrected chi connectivity index (χ4v) is 2.21. The lowest BCUT2D eigenvalue weighted by atomic mass is 10.1. The number of benzene rings is 1. The van der Waals surface area contributed by atoms with Gasteiger partial charge in [0.15, 0.2) is 0 Å². The van der Waals surface area contributed by atoms with Crippen molar-refractivity contribution in [2.45, 2.75) is 25.8 Å². The van der Waals surface area contributed by atoms with Crippen LogP contribution in [0.3, 0.4) is 0 Å². The van der Waals surface area contributed by atoms with Gasteiger partial charge in [0.2, 0.25) is 0 Å². The third kappa shape index (κ3) is 6.82. The molecule has 0 fully saturated rings. The summed E-state index contributed by atoms with van der Waals surface area (Å²) < 4.78 is 0. The van der Waals surface area contributed by atoms with E-state index in [9.17, 15) is 4.79 Å². The minimum atomic E-state index is -0.131. The number of nitrogens with zero attached hydrogens (tertiary/aromatic N) is 1. The van der Waals surface area contributed by atoms with Gasteiger partial charge in [-0.3, -0.25) is 0 Å². The maximum atomic E-state index is 11.8. The van der Waals surface area contributed by atoms with Crippen molar-refractivity contribution in [2.75, 3.05) is 18.4 Å². The summed E-state index contributed by atoms with van der Waals surface area (Å²) >= 11 is 0. The molecule has 122 valence electrons. The van der Waals surface area contributed by atoms with Crippen molar-refractivity contribution in [3.63, 3.8) is 0 Å². The summed E-state index contributed by atoms with van der Waals surface area (Å²) in [6, 6.07) is 16.0. The molecule has 1 heterocycles. The SMILES string of the molecule is CC(CCc1ccccc1)NC(=O)NCCNc1ccccn1. The third-order valence-corrected chi connectivity index (χ3v) is 3.47. The van der Waals surface area contributed by atoms with Crippen LogP contribution in [0, 0.1) is 0 Å². The highest BCUT2D eigenvalue weighted by Gasteiger charge is 2.06. The van der Waals surface area contributed by atoms with Gasteiger partial charge >= 0.3 is 6.03 Å². The Balaban J connectivity index is 1.57. The van der Waals surface area contributed by atoms with E-state index >= 15 is 0 Å². The molecule has 1 aromatic heterocycles. The number of aryl methyl sites for hydroxylation is 1. The molecule has 2 aromatic rings. The van der Waals surface area contributed by atoms with E-state index in [2.05, 4.69) is 33.1 Å². The first kappa shape index (κ1) is 16.8. The molecular weight excluding hydrogens is 288 g/mol. The second-order valence-electron chi connectivity index (χ2n) is 5.47. The smallest absolute Gasteiger partial charge is 0.315 e. The number of nitrogens with one attached hydrogen (secondary N) is 3. The molecule has 0 radical (unpaired) electrons. The summed E-state index contributed by atoms with van der Waals surface area (Å²) in [6.45, 7) is 3.21. The van der Waals surface area contributed by atoms with Crippen molar-refractivity contribution >= 4 is 11.8 Å². The van der Waals surface area contributed by atoms with Crippen LogP contribution in [-0.2, 0) is 6.42 Å². The molecule has 5 heteroatoms. The molecule has 23 heavy (non-hydrogen) atoms. The van der Waals surface area contributed by atoms with Crippen molar-refractivity contribution in [1.29, 1.82) is 0 Å². The fraction of sp³-hybridized carbons (Fsp3) is 0.333. The first-order valence-corrected chi connectivity index (χ1v) is 7.97. The van der Waals surface area contributed by atoms with Crippen LogP contribution in [0.1, 0.15) is 18.9 Å². The number of hydrogen-bond donors (Lipinski definition) is 3. The Morgan fingerprint density at radius 1 is 1.09 bits per heavy atom. The summed E-state index contributed by atoms with van der Waals surface area (Å²) in [5.74, 6) is 0.811. The van der Waals surface area contributed by atoms with Crippen LogP contribution in [0.5, 0.6) is 0 Å². The number of hydrogen-bond acceptors (Lipinski definition) is 3. The Hall–Kier alpha value is -2.56. The fourth-order valence-electron chi connectivity index (χ4n) is 2.21. The first-order valence-electron chi connectivity index (χ1n) is 7.97. The van der Waals surface area contributed by atoms with E-state index < -0.39 is 0 Å². The molecule has 0 bridgehead atoms. The van der Waals surface area contributed by atoms with Crippen molar-refractivity contribution in [2.24, 2.45) is 0 Å². The van der Waals surface area contributed by atoms with E-state index in [4.69, 9.17) is 0 Å². The van der Waals surface area contributed by atoms with Crippen LogP contribution in [0.15, 0.2) is 54.7 Å². The average Bonchev–Trinajstić information content (AvgIpc) is 2.59. The second kappa shape index (κ2) is 9.46. The van der Waals surface area contributed by atoms with Crippen LogP contribution >= 0.6 is 0 Å². The molecule has 2 amide bonds. The van der Waals surface area contributed by atoms with E-state index in [1.54, 1.807) is 6.20 Å². The molecule has 0 saturated carbocycles. The lowest BCUT2D eigenvalue weighted by Gasteiger charge is -2.15. The molecule has 0 spiro atoms. The number of aromatic nitrogens is 1. The zero-order chi connectivity index (χ0) is 16.3. The minimum absolute atomic E-state index is 0.131. The average molecular weight is 312 g/mol. The van der Waals surface area contributed by atoms with Crippen molar-refractivity contribution in [1.82, 2.24) is 15.6 Å². The maximum Gasteiger partial charge on any atom is 0.315 e.